The molecule has 0 radical (unpaired) electrons. The third-order valence-electron chi connectivity index (χ3n) is 4.64. The van der Waals surface area contributed by atoms with Crippen LogP contribution in [0.1, 0.15) is 90.3 Å². The molecule has 3 heteroatoms. The normalized spacial score (nSPS) is 12.9. The van der Waals surface area contributed by atoms with E-state index in [0.29, 0.717) is 25.0 Å². The standard InChI is InChI=1S/C26H38O3/c1-9-14-29-26-23(19(5)6)16-22(18(3)4)17-24(26)21(8)13-11-12-20(7)15-25(27)28-10-2/h11-13,15-19H,9-10,14H2,1-8H3/b12-11+,20-15+,21-13-. The van der Waals surface area contributed by atoms with E-state index in [1.807, 2.05) is 19.1 Å². The van der Waals surface area contributed by atoms with Crippen LogP contribution in [0.2, 0.25) is 0 Å². The molecule has 0 saturated heterocycles. The number of carbonyl (C=O) groups is 1. The lowest BCUT2D eigenvalue weighted by molar-refractivity contribution is -0.137. The zero-order valence-electron chi connectivity index (χ0n) is 19.5. The van der Waals surface area contributed by atoms with Crippen molar-refractivity contribution in [3.05, 3.63) is 58.7 Å². The second-order valence-electron chi connectivity index (χ2n) is 7.99. The molecule has 0 saturated carbocycles. The van der Waals surface area contributed by atoms with Gasteiger partial charge in [-0.1, -0.05) is 58.9 Å². The number of esters is 1. The van der Waals surface area contributed by atoms with Crippen molar-refractivity contribution in [1.29, 1.82) is 0 Å². The molecule has 1 aromatic rings. The van der Waals surface area contributed by atoms with Gasteiger partial charge in [-0.15, -0.1) is 0 Å². The van der Waals surface area contributed by atoms with Gasteiger partial charge >= 0.3 is 5.97 Å². The monoisotopic (exact) mass is 398 g/mol. The fourth-order valence-electron chi connectivity index (χ4n) is 2.95. The molecule has 0 bridgehead atoms. The number of hydrogen-bond donors (Lipinski definition) is 0. The van der Waals surface area contributed by atoms with E-state index in [2.05, 4.69) is 59.8 Å². The fourth-order valence-corrected chi connectivity index (χ4v) is 2.95. The average molecular weight is 399 g/mol. The topological polar surface area (TPSA) is 35.5 Å². The molecule has 29 heavy (non-hydrogen) atoms. The lowest BCUT2D eigenvalue weighted by Gasteiger charge is -2.21. The first-order valence-electron chi connectivity index (χ1n) is 10.7. The Morgan fingerprint density at radius 3 is 2.31 bits per heavy atom. The van der Waals surface area contributed by atoms with Gasteiger partial charge in [-0.05, 0) is 67.4 Å². The van der Waals surface area contributed by atoms with E-state index in [1.54, 1.807) is 6.92 Å². The summed E-state index contributed by atoms with van der Waals surface area (Å²) in [5.41, 5.74) is 5.72. The molecule has 160 valence electrons. The first kappa shape index (κ1) is 24.7. The molecule has 0 aliphatic carbocycles. The van der Waals surface area contributed by atoms with Crippen LogP contribution in [0.3, 0.4) is 0 Å². The highest BCUT2D eigenvalue weighted by Gasteiger charge is 2.17. The molecule has 0 heterocycles. The molecule has 1 rings (SSSR count). The zero-order valence-corrected chi connectivity index (χ0v) is 19.5. The molecule has 0 spiro atoms. The second kappa shape index (κ2) is 12.3. The minimum absolute atomic E-state index is 0.309. The summed E-state index contributed by atoms with van der Waals surface area (Å²) in [7, 11) is 0. The van der Waals surface area contributed by atoms with E-state index in [9.17, 15) is 4.79 Å². The minimum Gasteiger partial charge on any atom is -0.493 e. The number of ether oxygens (including phenoxy) is 2. The summed E-state index contributed by atoms with van der Waals surface area (Å²) in [6.07, 6.45) is 8.45. The molecule has 0 amide bonds. The Kier molecular flexibility index (Phi) is 10.5. The first-order valence-corrected chi connectivity index (χ1v) is 10.7. The van der Waals surface area contributed by atoms with Crippen LogP contribution in [0, 0.1) is 0 Å². The van der Waals surface area contributed by atoms with E-state index in [0.717, 1.165) is 28.9 Å². The highest BCUT2D eigenvalue weighted by molar-refractivity contribution is 5.83. The molecule has 0 aromatic heterocycles. The number of hydrogen-bond acceptors (Lipinski definition) is 3. The summed E-state index contributed by atoms with van der Waals surface area (Å²) in [6, 6.07) is 4.54. The van der Waals surface area contributed by atoms with Gasteiger partial charge in [0.15, 0.2) is 0 Å². The van der Waals surface area contributed by atoms with Gasteiger partial charge in [-0.3, -0.25) is 0 Å². The Morgan fingerprint density at radius 1 is 1.07 bits per heavy atom. The molecule has 1 aromatic carbocycles. The number of allylic oxidation sites excluding steroid dienone is 5. The lowest BCUT2D eigenvalue weighted by Crippen LogP contribution is -2.05. The van der Waals surface area contributed by atoms with Crippen LogP contribution in [0.5, 0.6) is 5.75 Å². The maximum absolute atomic E-state index is 11.6. The maximum Gasteiger partial charge on any atom is 0.330 e. The third kappa shape index (κ3) is 7.92. The molecular weight excluding hydrogens is 360 g/mol. The summed E-state index contributed by atoms with van der Waals surface area (Å²) in [4.78, 5) is 11.6. The Hall–Kier alpha value is -2.29. The largest absolute Gasteiger partial charge is 0.493 e. The van der Waals surface area contributed by atoms with Gasteiger partial charge in [-0.25, -0.2) is 4.79 Å². The van der Waals surface area contributed by atoms with Crippen LogP contribution in [0.4, 0.5) is 0 Å². The first-order chi connectivity index (χ1) is 13.7. The van der Waals surface area contributed by atoms with Gasteiger partial charge < -0.3 is 9.47 Å². The van der Waals surface area contributed by atoms with Gasteiger partial charge in [-0.2, -0.15) is 0 Å². The number of benzene rings is 1. The van der Waals surface area contributed by atoms with Crippen molar-refractivity contribution in [1.82, 2.24) is 0 Å². The molecule has 0 aliphatic rings. The van der Waals surface area contributed by atoms with Crippen LogP contribution < -0.4 is 4.74 Å². The van der Waals surface area contributed by atoms with Crippen LogP contribution in [0.15, 0.2) is 42.0 Å². The minimum atomic E-state index is -0.309. The average Bonchev–Trinajstić information content (AvgIpc) is 2.65. The van der Waals surface area contributed by atoms with Crippen molar-refractivity contribution in [2.24, 2.45) is 0 Å². The summed E-state index contributed by atoms with van der Waals surface area (Å²) in [5, 5.41) is 0. The van der Waals surface area contributed by atoms with Crippen LogP contribution in [-0.2, 0) is 9.53 Å². The van der Waals surface area contributed by atoms with E-state index in [4.69, 9.17) is 9.47 Å². The van der Waals surface area contributed by atoms with E-state index in [1.165, 1.54) is 17.2 Å². The van der Waals surface area contributed by atoms with Crippen molar-refractivity contribution in [3.8, 4) is 5.75 Å². The highest BCUT2D eigenvalue weighted by atomic mass is 16.5. The van der Waals surface area contributed by atoms with Crippen LogP contribution in [-0.4, -0.2) is 19.2 Å². The van der Waals surface area contributed by atoms with Gasteiger partial charge in [0.05, 0.1) is 13.2 Å². The van der Waals surface area contributed by atoms with Gasteiger partial charge in [0, 0.05) is 11.6 Å². The van der Waals surface area contributed by atoms with E-state index >= 15 is 0 Å². The predicted molar refractivity (Wildman–Crippen MR) is 124 cm³/mol. The summed E-state index contributed by atoms with van der Waals surface area (Å²) >= 11 is 0. The molecule has 0 unspecified atom stereocenters. The smallest absolute Gasteiger partial charge is 0.330 e. The van der Waals surface area contributed by atoms with Crippen molar-refractivity contribution in [2.45, 2.75) is 73.6 Å². The molecule has 0 fully saturated rings. The highest BCUT2D eigenvalue weighted by Crippen LogP contribution is 2.37. The molecular formula is C26H38O3. The van der Waals surface area contributed by atoms with Crippen molar-refractivity contribution >= 4 is 11.5 Å². The van der Waals surface area contributed by atoms with Gasteiger partial charge in [0.25, 0.3) is 0 Å². The Balaban J connectivity index is 3.32. The molecule has 3 nitrogen and oxygen atoms in total. The fraction of sp³-hybridized carbons (Fsp3) is 0.500. The summed E-state index contributed by atoms with van der Waals surface area (Å²) in [6.45, 7) is 17.9. The second-order valence-corrected chi connectivity index (χ2v) is 7.99. The van der Waals surface area contributed by atoms with E-state index in [-0.39, 0.29) is 5.97 Å². The van der Waals surface area contributed by atoms with Gasteiger partial charge in [0.2, 0.25) is 0 Å². The number of rotatable bonds is 10. The number of carbonyl (C=O) groups excluding carboxylic acids is 1. The van der Waals surface area contributed by atoms with E-state index < -0.39 is 0 Å². The summed E-state index contributed by atoms with van der Waals surface area (Å²) in [5.74, 6) is 1.52. The molecule has 0 aliphatic heterocycles. The van der Waals surface area contributed by atoms with Crippen LogP contribution in [0.25, 0.3) is 5.57 Å². The predicted octanol–water partition coefficient (Wildman–Crippen LogP) is 7.19. The quantitative estimate of drug-likeness (QED) is 0.238. The van der Waals surface area contributed by atoms with Crippen molar-refractivity contribution < 1.29 is 14.3 Å². The Bertz CT molecular complexity index is 764. The van der Waals surface area contributed by atoms with Crippen LogP contribution >= 0.6 is 0 Å². The zero-order chi connectivity index (χ0) is 22.0. The third-order valence-corrected chi connectivity index (χ3v) is 4.64. The van der Waals surface area contributed by atoms with Crippen molar-refractivity contribution in [3.63, 3.8) is 0 Å². The Morgan fingerprint density at radius 2 is 1.76 bits per heavy atom. The Labute approximate surface area is 177 Å². The molecule has 0 N–H and O–H groups in total. The SMILES string of the molecule is CCCOc1c(\C(C)=C/C=C/C(C)=C/C(=O)OCC)cc(C(C)C)cc1C(C)C. The van der Waals surface area contributed by atoms with Gasteiger partial charge in [0.1, 0.15) is 5.75 Å². The maximum atomic E-state index is 11.6. The summed E-state index contributed by atoms with van der Waals surface area (Å²) < 4.78 is 11.2. The molecule has 0 atom stereocenters. The lowest BCUT2D eigenvalue weighted by atomic mass is 9.89. The van der Waals surface area contributed by atoms with Crippen molar-refractivity contribution in [2.75, 3.05) is 13.2 Å².